The SMILES string of the molecule is CN(C)C[C@@H]1CC[C@H](Cc2ccccc2)N1C. The molecule has 1 aliphatic heterocycles. The van der Waals surface area contributed by atoms with Gasteiger partial charge in [0.25, 0.3) is 0 Å². The van der Waals surface area contributed by atoms with Gasteiger partial charge in [0.2, 0.25) is 0 Å². The van der Waals surface area contributed by atoms with Crippen molar-refractivity contribution in [2.45, 2.75) is 31.3 Å². The van der Waals surface area contributed by atoms with Crippen LogP contribution < -0.4 is 0 Å². The van der Waals surface area contributed by atoms with Crippen molar-refractivity contribution in [3.8, 4) is 0 Å². The summed E-state index contributed by atoms with van der Waals surface area (Å²) in [6, 6.07) is 12.3. The third-order valence-corrected chi connectivity index (χ3v) is 3.88. The van der Waals surface area contributed by atoms with Gasteiger partial charge in [-0.15, -0.1) is 0 Å². The predicted octanol–water partition coefficient (Wildman–Crippen LogP) is 2.25. The standard InChI is InChI=1S/C15H24N2/c1-16(2)12-15-10-9-14(17(15)3)11-13-7-5-4-6-8-13/h4-8,14-15H,9-12H2,1-3H3/t14-,15+/m1/s1. The van der Waals surface area contributed by atoms with Crippen LogP contribution in [0.2, 0.25) is 0 Å². The highest BCUT2D eigenvalue weighted by Gasteiger charge is 2.30. The maximum atomic E-state index is 2.58. The minimum absolute atomic E-state index is 0.724. The highest BCUT2D eigenvalue weighted by Crippen LogP contribution is 2.25. The molecule has 0 aliphatic carbocycles. The smallest absolute Gasteiger partial charge is 0.0223 e. The lowest BCUT2D eigenvalue weighted by Gasteiger charge is -2.27. The molecule has 0 aromatic heterocycles. The van der Waals surface area contributed by atoms with E-state index >= 15 is 0 Å². The summed E-state index contributed by atoms with van der Waals surface area (Å²) in [6.45, 7) is 1.18. The van der Waals surface area contributed by atoms with Crippen LogP contribution >= 0.6 is 0 Å². The molecule has 94 valence electrons. The fraction of sp³-hybridized carbons (Fsp3) is 0.600. The van der Waals surface area contributed by atoms with Crippen molar-refractivity contribution in [3.63, 3.8) is 0 Å². The molecular formula is C15H24N2. The molecule has 1 aromatic rings. The Morgan fingerprint density at radius 1 is 1.12 bits per heavy atom. The number of hydrogen-bond donors (Lipinski definition) is 0. The second-order valence-corrected chi connectivity index (χ2v) is 5.50. The molecule has 1 heterocycles. The first-order valence-electron chi connectivity index (χ1n) is 6.57. The lowest BCUT2D eigenvalue weighted by Crippen LogP contribution is -2.39. The second-order valence-electron chi connectivity index (χ2n) is 5.50. The first kappa shape index (κ1) is 12.6. The van der Waals surface area contributed by atoms with E-state index in [0.29, 0.717) is 0 Å². The van der Waals surface area contributed by atoms with Crippen LogP contribution in [0.15, 0.2) is 30.3 Å². The Morgan fingerprint density at radius 3 is 2.41 bits per heavy atom. The third-order valence-electron chi connectivity index (χ3n) is 3.88. The summed E-state index contributed by atoms with van der Waals surface area (Å²) in [7, 11) is 6.62. The number of nitrogens with zero attached hydrogens (tertiary/aromatic N) is 2. The van der Waals surface area contributed by atoms with Crippen LogP contribution in [0.25, 0.3) is 0 Å². The van der Waals surface area contributed by atoms with Crippen molar-refractivity contribution in [1.29, 1.82) is 0 Å². The van der Waals surface area contributed by atoms with Crippen LogP contribution in [0.4, 0.5) is 0 Å². The molecule has 1 fully saturated rings. The van der Waals surface area contributed by atoms with Gasteiger partial charge in [0, 0.05) is 18.6 Å². The number of rotatable bonds is 4. The predicted molar refractivity (Wildman–Crippen MR) is 73.3 cm³/mol. The van der Waals surface area contributed by atoms with E-state index < -0.39 is 0 Å². The topological polar surface area (TPSA) is 6.48 Å². The van der Waals surface area contributed by atoms with Crippen LogP contribution in [0, 0.1) is 0 Å². The molecule has 0 amide bonds. The Kier molecular flexibility index (Phi) is 4.19. The molecule has 0 radical (unpaired) electrons. The average molecular weight is 232 g/mol. The van der Waals surface area contributed by atoms with Crippen LogP contribution in [0.1, 0.15) is 18.4 Å². The van der Waals surface area contributed by atoms with E-state index in [2.05, 4.69) is 61.3 Å². The molecule has 0 bridgehead atoms. The fourth-order valence-electron chi connectivity index (χ4n) is 2.86. The normalized spacial score (nSPS) is 25.6. The molecule has 0 N–H and O–H groups in total. The lowest BCUT2D eigenvalue weighted by atomic mass is 10.0. The summed E-state index contributed by atoms with van der Waals surface area (Å²) in [4.78, 5) is 4.87. The molecular weight excluding hydrogens is 208 g/mol. The first-order valence-corrected chi connectivity index (χ1v) is 6.57. The molecule has 1 saturated heterocycles. The van der Waals surface area contributed by atoms with E-state index in [-0.39, 0.29) is 0 Å². The third kappa shape index (κ3) is 3.30. The largest absolute Gasteiger partial charge is 0.308 e. The van der Waals surface area contributed by atoms with Gasteiger partial charge in [0.15, 0.2) is 0 Å². The van der Waals surface area contributed by atoms with Gasteiger partial charge in [0.1, 0.15) is 0 Å². The zero-order valence-corrected chi connectivity index (χ0v) is 11.3. The summed E-state index contributed by atoms with van der Waals surface area (Å²) in [6.07, 6.45) is 3.87. The maximum absolute atomic E-state index is 2.58. The van der Waals surface area contributed by atoms with E-state index in [1.807, 2.05) is 0 Å². The number of likely N-dealkylation sites (N-methyl/N-ethyl adjacent to an activating group) is 2. The Bertz CT molecular complexity index is 334. The summed E-state index contributed by atoms with van der Waals surface area (Å²) < 4.78 is 0. The lowest BCUT2D eigenvalue weighted by molar-refractivity contribution is 0.200. The van der Waals surface area contributed by atoms with Gasteiger partial charge < -0.3 is 4.90 Å². The minimum atomic E-state index is 0.724. The van der Waals surface area contributed by atoms with Gasteiger partial charge in [-0.3, -0.25) is 4.90 Å². The molecule has 2 nitrogen and oxygen atoms in total. The number of likely N-dealkylation sites (tertiary alicyclic amines) is 1. The maximum Gasteiger partial charge on any atom is 0.0223 e. The monoisotopic (exact) mass is 232 g/mol. The molecule has 2 atom stereocenters. The van der Waals surface area contributed by atoms with E-state index in [1.165, 1.54) is 31.4 Å². The second kappa shape index (κ2) is 5.65. The van der Waals surface area contributed by atoms with E-state index in [9.17, 15) is 0 Å². The van der Waals surface area contributed by atoms with E-state index in [0.717, 1.165) is 12.1 Å². The van der Waals surface area contributed by atoms with Crippen LogP contribution in [0.3, 0.4) is 0 Å². The summed E-state index contributed by atoms with van der Waals surface area (Å²) >= 11 is 0. The highest BCUT2D eigenvalue weighted by atomic mass is 15.2. The van der Waals surface area contributed by atoms with Crippen LogP contribution in [0.5, 0.6) is 0 Å². The van der Waals surface area contributed by atoms with Gasteiger partial charge in [-0.25, -0.2) is 0 Å². The van der Waals surface area contributed by atoms with Gasteiger partial charge in [-0.1, -0.05) is 30.3 Å². The van der Waals surface area contributed by atoms with Crippen molar-refractivity contribution in [2.24, 2.45) is 0 Å². The molecule has 2 heteroatoms. The van der Waals surface area contributed by atoms with Crippen molar-refractivity contribution >= 4 is 0 Å². The fourth-order valence-corrected chi connectivity index (χ4v) is 2.86. The quantitative estimate of drug-likeness (QED) is 0.785. The molecule has 17 heavy (non-hydrogen) atoms. The molecule has 1 aliphatic rings. The Balaban J connectivity index is 1.91. The molecule has 0 spiro atoms. The van der Waals surface area contributed by atoms with Gasteiger partial charge in [-0.2, -0.15) is 0 Å². The number of benzene rings is 1. The van der Waals surface area contributed by atoms with Gasteiger partial charge in [0.05, 0.1) is 0 Å². The van der Waals surface area contributed by atoms with E-state index in [1.54, 1.807) is 0 Å². The molecule has 1 aromatic carbocycles. The molecule has 0 unspecified atom stereocenters. The highest BCUT2D eigenvalue weighted by molar-refractivity contribution is 5.16. The van der Waals surface area contributed by atoms with Crippen molar-refractivity contribution in [2.75, 3.05) is 27.7 Å². The molecule has 2 rings (SSSR count). The van der Waals surface area contributed by atoms with Gasteiger partial charge >= 0.3 is 0 Å². The van der Waals surface area contributed by atoms with Gasteiger partial charge in [-0.05, 0) is 46.0 Å². The van der Waals surface area contributed by atoms with Crippen molar-refractivity contribution < 1.29 is 0 Å². The minimum Gasteiger partial charge on any atom is -0.308 e. The van der Waals surface area contributed by atoms with Crippen LogP contribution in [-0.2, 0) is 6.42 Å². The average Bonchev–Trinajstić information content (AvgIpc) is 2.62. The zero-order chi connectivity index (χ0) is 12.3. The summed E-state index contributed by atoms with van der Waals surface area (Å²) in [5, 5.41) is 0. The molecule has 0 saturated carbocycles. The summed E-state index contributed by atoms with van der Waals surface area (Å²) in [5.74, 6) is 0. The first-order chi connectivity index (χ1) is 8.16. The Labute approximate surface area is 105 Å². The Hall–Kier alpha value is -0.860. The number of hydrogen-bond acceptors (Lipinski definition) is 2. The zero-order valence-electron chi connectivity index (χ0n) is 11.3. The Morgan fingerprint density at radius 2 is 1.76 bits per heavy atom. The van der Waals surface area contributed by atoms with Crippen LogP contribution in [-0.4, -0.2) is 49.6 Å². The summed E-state index contributed by atoms with van der Waals surface area (Å²) in [5.41, 5.74) is 1.47. The van der Waals surface area contributed by atoms with Crippen molar-refractivity contribution in [1.82, 2.24) is 9.80 Å². The van der Waals surface area contributed by atoms with E-state index in [4.69, 9.17) is 0 Å². The van der Waals surface area contributed by atoms with Crippen molar-refractivity contribution in [3.05, 3.63) is 35.9 Å².